The summed E-state index contributed by atoms with van der Waals surface area (Å²) in [6.07, 6.45) is 1.24. The van der Waals surface area contributed by atoms with Crippen LogP contribution >= 0.6 is 27.5 Å². The second-order valence-corrected chi connectivity index (χ2v) is 8.83. The number of hydrogen-bond acceptors (Lipinski definition) is 6. The fourth-order valence-corrected chi connectivity index (χ4v) is 2.88. The predicted octanol–water partition coefficient (Wildman–Crippen LogP) is 3.25. The van der Waals surface area contributed by atoms with Gasteiger partial charge in [0.15, 0.2) is 0 Å². The summed E-state index contributed by atoms with van der Waals surface area (Å²) < 4.78 is 12.1. The molecule has 1 heterocycles. The third kappa shape index (κ3) is 6.05. The van der Waals surface area contributed by atoms with Crippen molar-refractivity contribution in [2.75, 3.05) is 6.61 Å². The zero-order chi connectivity index (χ0) is 21.1. The Kier molecular flexibility index (Phi) is 6.90. The van der Waals surface area contributed by atoms with Crippen LogP contribution in [0, 0.1) is 0 Å². The normalized spacial score (nSPS) is 13.7. The number of rotatable bonds is 6. The van der Waals surface area contributed by atoms with Crippen molar-refractivity contribution in [3.05, 3.63) is 56.0 Å². The van der Waals surface area contributed by atoms with E-state index >= 15 is 0 Å². The van der Waals surface area contributed by atoms with Crippen LogP contribution in [0.2, 0.25) is 5.02 Å². The molecule has 0 saturated heterocycles. The van der Waals surface area contributed by atoms with Crippen molar-refractivity contribution >= 4 is 33.5 Å². The minimum atomic E-state index is -0.822. The lowest BCUT2D eigenvalue weighted by Crippen LogP contribution is -2.39. The van der Waals surface area contributed by atoms with Gasteiger partial charge in [0.25, 0.3) is 5.56 Å². The highest BCUT2D eigenvalue weighted by molar-refractivity contribution is 9.10. The molecule has 9 heteroatoms. The van der Waals surface area contributed by atoms with Gasteiger partial charge in [0.05, 0.1) is 5.54 Å². The lowest BCUT2D eigenvalue weighted by Gasteiger charge is -2.25. The Morgan fingerprint density at radius 3 is 2.43 bits per heavy atom. The fourth-order valence-electron chi connectivity index (χ4n) is 2.31. The first-order valence-electron chi connectivity index (χ1n) is 8.53. The second-order valence-electron chi connectivity index (χ2n) is 7.60. The van der Waals surface area contributed by atoms with Gasteiger partial charge in [-0.2, -0.15) is 0 Å². The SMILES string of the molecule is CC(C)(C)OC(=O)Cn1cnc(OC[C@@](C)(N)c2ccc(Cl)cc2)c(Br)c1=O. The standard InChI is InChI=1S/C19H23BrClN3O4/c1-18(2,3)28-14(25)9-24-11-23-16(15(20)17(24)26)27-10-19(4,22)12-5-7-13(21)8-6-12/h5-8,11H,9-10,22H2,1-4H3/t19-/m1/s1. The number of nitrogens with two attached hydrogens (primary N) is 1. The third-order valence-corrected chi connectivity index (χ3v) is 4.61. The molecule has 0 amide bonds. The molecule has 0 fully saturated rings. The van der Waals surface area contributed by atoms with Crippen molar-refractivity contribution in [1.29, 1.82) is 0 Å². The average Bonchev–Trinajstić information content (AvgIpc) is 2.57. The van der Waals surface area contributed by atoms with Gasteiger partial charge >= 0.3 is 5.97 Å². The molecule has 0 unspecified atom stereocenters. The van der Waals surface area contributed by atoms with E-state index in [1.54, 1.807) is 39.8 Å². The maximum atomic E-state index is 12.5. The van der Waals surface area contributed by atoms with E-state index in [1.807, 2.05) is 12.1 Å². The maximum absolute atomic E-state index is 12.5. The highest BCUT2D eigenvalue weighted by atomic mass is 79.9. The molecule has 0 spiro atoms. The van der Waals surface area contributed by atoms with Gasteiger partial charge in [0, 0.05) is 5.02 Å². The average molecular weight is 473 g/mol. The topological polar surface area (TPSA) is 96.4 Å². The molecule has 0 bridgehead atoms. The highest BCUT2D eigenvalue weighted by Crippen LogP contribution is 2.23. The van der Waals surface area contributed by atoms with Gasteiger partial charge in [0.2, 0.25) is 5.88 Å². The van der Waals surface area contributed by atoms with Crippen LogP contribution in [0.4, 0.5) is 0 Å². The fraction of sp³-hybridized carbons (Fsp3) is 0.421. The summed E-state index contributed by atoms with van der Waals surface area (Å²) >= 11 is 9.09. The molecule has 28 heavy (non-hydrogen) atoms. The molecule has 1 aromatic carbocycles. The van der Waals surface area contributed by atoms with E-state index in [0.29, 0.717) is 5.02 Å². The highest BCUT2D eigenvalue weighted by Gasteiger charge is 2.24. The van der Waals surface area contributed by atoms with E-state index in [2.05, 4.69) is 20.9 Å². The van der Waals surface area contributed by atoms with Gasteiger partial charge in [0.1, 0.15) is 29.6 Å². The maximum Gasteiger partial charge on any atom is 0.326 e. The van der Waals surface area contributed by atoms with Gasteiger partial charge in [-0.15, -0.1) is 0 Å². The van der Waals surface area contributed by atoms with Gasteiger partial charge in [-0.05, 0) is 61.3 Å². The molecule has 0 aliphatic rings. The zero-order valence-corrected chi connectivity index (χ0v) is 18.5. The summed E-state index contributed by atoms with van der Waals surface area (Å²) in [5, 5.41) is 0.610. The Hall–Kier alpha value is -1.90. The quantitative estimate of drug-likeness (QED) is 0.648. The first-order chi connectivity index (χ1) is 12.9. The van der Waals surface area contributed by atoms with E-state index in [9.17, 15) is 9.59 Å². The van der Waals surface area contributed by atoms with Crippen molar-refractivity contribution in [3.8, 4) is 5.88 Å². The van der Waals surface area contributed by atoms with E-state index < -0.39 is 22.7 Å². The van der Waals surface area contributed by atoms with Crippen molar-refractivity contribution in [2.24, 2.45) is 5.73 Å². The minimum absolute atomic E-state index is 0.0791. The molecule has 152 valence electrons. The van der Waals surface area contributed by atoms with Crippen molar-refractivity contribution < 1.29 is 14.3 Å². The largest absolute Gasteiger partial charge is 0.474 e. The van der Waals surface area contributed by atoms with Gasteiger partial charge in [-0.1, -0.05) is 23.7 Å². The van der Waals surface area contributed by atoms with Gasteiger partial charge < -0.3 is 15.2 Å². The monoisotopic (exact) mass is 471 g/mol. The second kappa shape index (κ2) is 8.63. The zero-order valence-electron chi connectivity index (χ0n) is 16.2. The van der Waals surface area contributed by atoms with Crippen molar-refractivity contribution in [3.63, 3.8) is 0 Å². The van der Waals surface area contributed by atoms with Gasteiger partial charge in [-0.3, -0.25) is 14.2 Å². The summed E-state index contributed by atoms with van der Waals surface area (Å²) in [7, 11) is 0. The third-order valence-electron chi connectivity index (χ3n) is 3.68. The minimum Gasteiger partial charge on any atom is -0.474 e. The molecule has 0 aliphatic carbocycles. The van der Waals surface area contributed by atoms with Crippen molar-refractivity contribution in [2.45, 2.75) is 45.4 Å². The van der Waals surface area contributed by atoms with Crippen LogP contribution in [0.15, 0.2) is 39.9 Å². The number of hydrogen-bond donors (Lipinski definition) is 1. The van der Waals surface area contributed by atoms with Crippen LogP contribution in [-0.4, -0.2) is 27.7 Å². The Bertz CT molecular complexity index is 905. The van der Waals surface area contributed by atoms with E-state index in [1.165, 1.54) is 6.33 Å². The molecule has 2 rings (SSSR count). The Morgan fingerprint density at radius 1 is 1.25 bits per heavy atom. The first-order valence-corrected chi connectivity index (χ1v) is 9.71. The van der Waals surface area contributed by atoms with Crippen LogP contribution in [0.3, 0.4) is 0 Å². The van der Waals surface area contributed by atoms with E-state index in [4.69, 9.17) is 26.8 Å². The Labute approximate surface area is 176 Å². The molecule has 0 aliphatic heterocycles. The molecule has 0 radical (unpaired) electrons. The predicted molar refractivity (Wildman–Crippen MR) is 111 cm³/mol. The Balaban J connectivity index is 2.11. The molecule has 2 aromatic rings. The molecular weight excluding hydrogens is 450 g/mol. The summed E-state index contributed by atoms with van der Waals surface area (Å²) in [4.78, 5) is 28.5. The molecular formula is C19H23BrClN3O4. The van der Waals surface area contributed by atoms with Crippen molar-refractivity contribution in [1.82, 2.24) is 9.55 Å². The number of halogens is 2. The Morgan fingerprint density at radius 2 is 1.86 bits per heavy atom. The van der Waals surface area contributed by atoms with Crippen LogP contribution in [0.5, 0.6) is 5.88 Å². The number of carbonyl (C=O) groups excluding carboxylic acids is 1. The number of nitrogens with zero attached hydrogens (tertiary/aromatic N) is 2. The van der Waals surface area contributed by atoms with E-state index in [0.717, 1.165) is 10.1 Å². The molecule has 7 nitrogen and oxygen atoms in total. The van der Waals surface area contributed by atoms with Gasteiger partial charge in [-0.25, -0.2) is 4.98 Å². The lowest BCUT2D eigenvalue weighted by molar-refractivity contribution is -0.155. The number of ether oxygens (including phenoxy) is 2. The molecule has 1 aromatic heterocycles. The van der Waals surface area contributed by atoms with Crippen LogP contribution < -0.4 is 16.0 Å². The summed E-state index contributed by atoms with van der Waals surface area (Å²) in [5.41, 5.74) is 5.23. The summed E-state index contributed by atoms with van der Waals surface area (Å²) in [5.74, 6) is -0.440. The smallest absolute Gasteiger partial charge is 0.326 e. The summed E-state index contributed by atoms with van der Waals surface area (Å²) in [6.45, 7) is 6.89. The van der Waals surface area contributed by atoms with Crippen LogP contribution in [-0.2, 0) is 21.6 Å². The molecule has 2 N–H and O–H groups in total. The number of esters is 1. The van der Waals surface area contributed by atoms with Crippen LogP contribution in [0.1, 0.15) is 33.3 Å². The lowest BCUT2D eigenvalue weighted by atomic mass is 9.94. The molecule has 0 saturated carbocycles. The first kappa shape index (κ1) is 22.4. The number of aromatic nitrogens is 2. The number of carbonyl (C=O) groups is 1. The van der Waals surface area contributed by atoms with Crippen LogP contribution in [0.25, 0.3) is 0 Å². The van der Waals surface area contributed by atoms with E-state index in [-0.39, 0.29) is 23.5 Å². The summed E-state index contributed by atoms with van der Waals surface area (Å²) in [6, 6.07) is 7.11. The molecule has 1 atom stereocenters. The number of benzene rings is 1.